The zero-order valence-electron chi connectivity index (χ0n) is 22.9. The number of aromatic nitrogens is 1. The first-order valence-electron chi connectivity index (χ1n) is 13.4. The third-order valence-corrected chi connectivity index (χ3v) is 7.44. The Morgan fingerprint density at radius 3 is 1.98 bits per heavy atom. The number of nitro groups is 1. The monoisotopic (exact) mass is 584 g/mol. The third-order valence-electron chi connectivity index (χ3n) is 7.16. The van der Waals surface area contributed by atoms with Crippen LogP contribution in [0.4, 0.5) is 11.4 Å². The minimum absolute atomic E-state index is 0.00714. The van der Waals surface area contributed by atoms with Gasteiger partial charge in [0.2, 0.25) is 0 Å². The summed E-state index contributed by atoms with van der Waals surface area (Å²) in [7, 11) is 0. The number of aryl methyl sites for hydroxylation is 1. The van der Waals surface area contributed by atoms with Crippen LogP contribution in [-0.4, -0.2) is 26.4 Å². The Morgan fingerprint density at radius 2 is 1.37 bits per heavy atom. The van der Waals surface area contributed by atoms with Crippen molar-refractivity contribution >= 4 is 46.6 Å². The highest BCUT2D eigenvalue weighted by Gasteiger charge is 2.35. The average molecular weight is 585 g/mol. The van der Waals surface area contributed by atoms with Gasteiger partial charge in [0.25, 0.3) is 17.5 Å². The Balaban J connectivity index is 1.59. The first-order chi connectivity index (χ1) is 20.8. The van der Waals surface area contributed by atoms with E-state index in [2.05, 4.69) is 5.32 Å². The Bertz CT molecular complexity index is 1910. The molecule has 1 aromatic heterocycles. The van der Waals surface area contributed by atoms with Crippen molar-refractivity contribution in [3.63, 3.8) is 0 Å². The predicted octanol–water partition coefficient (Wildman–Crippen LogP) is 6.86. The van der Waals surface area contributed by atoms with Gasteiger partial charge in [-0.3, -0.25) is 29.9 Å². The quantitative estimate of drug-likeness (QED) is 0.0773. The maximum absolute atomic E-state index is 13.9. The van der Waals surface area contributed by atoms with Crippen molar-refractivity contribution < 1.29 is 14.5 Å². The SMILES string of the molecule is Cc1ccc(N2C(=O)/C(=C/c3cc(-c4ccccc4)n(-c4ccc([N+](=O)[O-])cc4)c3-c3ccccc3)C(=O)NC2=S)cc1. The fourth-order valence-electron chi connectivity index (χ4n) is 5.09. The maximum Gasteiger partial charge on any atom is 0.270 e. The first kappa shape index (κ1) is 27.5. The summed E-state index contributed by atoms with van der Waals surface area (Å²) in [4.78, 5) is 39.4. The Morgan fingerprint density at radius 1 is 0.791 bits per heavy atom. The molecular formula is C34H24N4O4S. The summed E-state index contributed by atoms with van der Waals surface area (Å²) in [6, 6.07) is 34.7. The fraction of sp³-hybridized carbons (Fsp3) is 0.0294. The van der Waals surface area contributed by atoms with Crippen molar-refractivity contribution in [3.8, 4) is 28.2 Å². The lowest BCUT2D eigenvalue weighted by molar-refractivity contribution is -0.384. The van der Waals surface area contributed by atoms with Crippen molar-refractivity contribution in [2.24, 2.45) is 0 Å². The molecule has 8 nitrogen and oxygen atoms in total. The van der Waals surface area contributed by atoms with Crippen LogP contribution in [0.1, 0.15) is 11.1 Å². The van der Waals surface area contributed by atoms with E-state index in [1.165, 1.54) is 17.0 Å². The molecule has 2 amide bonds. The lowest BCUT2D eigenvalue weighted by Crippen LogP contribution is -2.54. The van der Waals surface area contributed by atoms with Crippen molar-refractivity contribution in [3.05, 3.63) is 142 Å². The van der Waals surface area contributed by atoms with E-state index in [1.54, 1.807) is 30.3 Å². The van der Waals surface area contributed by atoms with Crippen molar-refractivity contribution in [2.75, 3.05) is 4.90 Å². The van der Waals surface area contributed by atoms with Gasteiger partial charge in [-0.25, -0.2) is 0 Å². The largest absolute Gasteiger partial charge is 0.309 e. The van der Waals surface area contributed by atoms with Gasteiger partial charge in [-0.1, -0.05) is 78.4 Å². The Labute approximate surface area is 252 Å². The molecule has 0 unspecified atom stereocenters. The fourth-order valence-corrected chi connectivity index (χ4v) is 5.37. The molecule has 0 atom stereocenters. The molecule has 0 bridgehead atoms. The summed E-state index contributed by atoms with van der Waals surface area (Å²) < 4.78 is 1.98. The summed E-state index contributed by atoms with van der Waals surface area (Å²) in [5.41, 5.74) is 5.92. The van der Waals surface area contributed by atoms with Crippen molar-refractivity contribution in [1.29, 1.82) is 0 Å². The van der Waals surface area contributed by atoms with E-state index >= 15 is 0 Å². The van der Waals surface area contributed by atoms with Gasteiger partial charge in [-0.05, 0) is 66.7 Å². The van der Waals surface area contributed by atoms with Gasteiger partial charge in [0.05, 0.1) is 22.0 Å². The van der Waals surface area contributed by atoms with Crippen LogP contribution < -0.4 is 10.2 Å². The molecule has 43 heavy (non-hydrogen) atoms. The zero-order valence-corrected chi connectivity index (χ0v) is 23.7. The number of nitro benzene ring substituents is 1. The molecule has 5 aromatic rings. The van der Waals surface area contributed by atoms with Crippen LogP contribution in [0.2, 0.25) is 0 Å². The lowest BCUT2D eigenvalue weighted by Gasteiger charge is -2.29. The number of nitrogens with zero attached hydrogens (tertiary/aromatic N) is 3. The summed E-state index contributed by atoms with van der Waals surface area (Å²) in [6.07, 6.45) is 1.58. The zero-order chi connectivity index (χ0) is 30.1. The highest BCUT2D eigenvalue weighted by atomic mass is 32.1. The summed E-state index contributed by atoms with van der Waals surface area (Å²) in [5, 5.41) is 14.1. The molecule has 0 saturated carbocycles. The molecule has 0 spiro atoms. The number of anilines is 1. The van der Waals surface area contributed by atoms with Gasteiger partial charge < -0.3 is 4.57 Å². The number of thiocarbonyl (C=S) groups is 1. The Kier molecular flexibility index (Phi) is 7.23. The summed E-state index contributed by atoms with van der Waals surface area (Å²) >= 11 is 5.39. The van der Waals surface area contributed by atoms with E-state index in [0.717, 1.165) is 22.4 Å². The number of nitrogens with one attached hydrogen (secondary N) is 1. The lowest BCUT2D eigenvalue weighted by atomic mass is 10.0. The number of non-ortho nitro benzene ring substituents is 1. The smallest absolute Gasteiger partial charge is 0.270 e. The summed E-state index contributed by atoms with van der Waals surface area (Å²) in [5.74, 6) is -1.14. The third kappa shape index (κ3) is 5.25. The molecule has 1 aliphatic heterocycles. The van der Waals surface area contributed by atoms with E-state index < -0.39 is 16.7 Å². The number of amides is 2. The van der Waals surface area contributed by atoms with E-state index in [-0.39, 0.29) is 16.4 Å². The standard InChI is InChI=1S/C34H24N4O4S/c1-22-12-14-27(15-13-22)37-33(40)29(32(39)35-34(37)43)20-25-21-30(23-8-4-2-5-9-23)36(31(25)24-10-6-3-7-11-24)26-16-18-28(19-17-26)38(41)42/h2-21H,1H3,(H,35,39,43)/b29-20+. The van der Waals surface area contributed by atoms with Crippen LogP contribution >= 0.6 is 12.2 Å². The molecule has 9 heteroatoms. The second kappa shape index (κ2) is 11.3. The number of benzene rings is 4. The molecule has 0 aliphatic carbocycles. The molecule has 210 valence electrons. The molecule has 1 N–H and O–H groups in total. The van der Waals surface area contributed by atoms with Gasteiger partial charge in [0.15, 0.2) is 5.11 Å². The summed E-state index contributed by atoms with van der Waals surface area (Å²) in [6.45, 7) is 1.94. The van der Waals surface area contributed by atoms with E-state index in [9.17, 15) is 19.7 Å². The van der Waals surface area contributed by atoms with Crippen LogP contribution in [0, 0.1) is 17.0 Å². The van der Waals surface area contributed by atoms with Crippen LogP contribution in [0.25, 0.3) is 34.3 Å². The van der Waals surface area contributed by atoms with Crippen LogP contribution in [0.15, 0.2) is 121 Å². The van der Waals surface area contributed by atoms with Crippen LogP contribution in [-0.2, 0) is 9.59 Å². The van der Waals surface area contributed by atoms with Crippen molar-refractivity contribution in [2.45, 2.75) is 6.92 Å². The van der Waals surface area contributed by atoms with Gasteiger partial charge in [-0.15, -0.1) is 0 Å². The van der Waals surface area contributed by atoms with Crippen LogP contribution in [0.3, 0.4) is 0 Å². The molecule has 2 heterocycles. The number of carbonyl (C=O) groups is 2. The minimum atomic E-state index is -0.596. The van der Waals surface area contributed by atoms with Gasteiger partial charge >= 0.3 is 0 Å². The Hall–Kier alpha value is -5.67. The van der Waals surface area contributed by atoms with Gasteiger partial charge in [0, 0.05) is 23.4 Å². The molecule has 4 aromatic carbocycles. The average Bonchev–Trinajstić information content (AvgIpc) is 3.40. The molecule has 0 radical (unpaired) electrons. The molecule has 6 rings (SSSR count). The number of rotatable bonds is 6. The molecular weight excluding hydrogens is 560 g/mol. The second-order valence-electron chi connectivity index (χ2n) is 9.97. The van der Waals surface area contributed by atoms with Gasteiger partial charge in [-0.2, -0.15) is 0 Å². The van der Waals surface area contributed by atoms with Crippen molar-refractivity contribution in [1.82, 2.24) is 9.88 Å². The number of hydrogen-bond acceptors (Lipinski definition) is 5. The minimum Gasteiger partial charge on any atom is -0.309 e. The topological polar surface area (TPSA) is 97.5 Å². The number of hydrogen-bond donors (Lipinski definition) is 1. The first-order valence-corrected chi connectivity index (χ1v) is 13.8. The molecule has 1 saturated heterocycles. The highest BCUT2D eigenvalue weighted by Crippen LogP contribution is 2.38. The number of carbonyl (C=O) groups excluding carboxylic acids is 2. The van der Waals surface area contributed by atoms with Gasteiger partial charge in [0.1, 0.15) is 5.57 Å². The van der Waals surface area contributed by atoms with E-state index in [0.29, 0.717) is 22.6 Å². The van der Waals surface area contributed by atoms with E-state index in [1.807, 2.05) is 90.4 Å². The van der Waals surface area contributed by atoms with Crippen LogP contribution in [0.5, 0.6) is 0 Å². The molecule has 1 aliphatic rings. The second-order valence-corrected chi connectivity index (χ2v) is 10.4. The molecule has 1 fully saturated rings. The highest BCUT2D eigenvalue weighted by molar-refractivity contribution is 7.80. The normalized spacial score (nSPS) is 14.2. The maximum atomic E-state index is 13.9. The van der Waals surface area contributed by atoms with E-state index in [4.69, 9.17) is 12.2 Å². The predicted molar refractivity (Wildman–Crippen MR) is 171 cm³/mol.